The largest absolute Gasteiger partial charge is 0.494 e. The van der Waals surface area contributed by atoms with Crippen molar-refractivity contribution in [1.82, 2.24) is 4.90 Å². The monoisotopic (exact) mass is 488 g/mol. The Hall–Kier alpha value is -3.99. The molecule has 11 heteroatoms. The molecule has 178 valence electrons. The summed E-state index contributed by atoms with van der Waals surface area (Å²) in [5.74, 6) is -0.834. The molecular weight excluding hydrogens is 467 g/mol. The van der Waals surface area contributed by atoms with Gasteiger partial charge in [-0.3, -0.25) is 14.9 Å². The summed E-state index contributed by atoms with van der Waals surface area (Å²) in [6, 6.07) is 14.3. The number of amides is 1. The number of hydrogen-bond donors (Lipinski definition) is 0. The molecule has 9 nitrogen and oxygen atoms in total. The SMILES string of the molecule is CCN(Cc1ccc(OC)c(F)c1)C(=O)c1ccc(OS(=O)(=O)c2cccc([N+](=O)[O-])c2)cc1. The van der Waals surface area contributed by atoms with Crippen molar-refractivity contribution in [3.8, 4) is 11.5 Å². The summed E-state index contributed by atoms with van der Waals surface area (Å²) in [6.07, 6.45) is 0. The van der Waals surface area contributed by atoms with E-state index in [0.29, 0.717) is 12.1 Å². The summed E-state index contributed by atoms with van der Waals surface area (Å²) in [7, 11) is -2.96. The first kappa shape index (κ1) is 24.6. The van der Waals surface area contributed by atoms with Gasteiger partial charge < -0.3 is 13.8 Å². The Balaban J connectivity index is 1.73. The summed E-state index contributed by atoms with van der Waals surface area (Å²) < 4.78 is 48.8. The van der Waals surface area contributed by atoms with Crippen LogP contribution in [0.15, 0.2) is 71.6 Å². The fourth-order valence-electron chi connectivity index (χ4n) is 3.12. The molecule has 0 N–H and O–H groups in total. The van der Waals surface area contributed by atoms with E-state index in [9.17, 15) is 27.7 Å². The third kappa shape index (κ3) is 5.67. The van der Waals surface area contributed by atoms with Gasteiger partial charge in [-0.15, -0.1) is 0 Å². The maximum Gasteiger partial charge on any atom is 0.339 e. The van der Waals surface area contributed by atoms with Crippen LogP contribution in [0.1, 0.15) is 22.8 Å². The number of nitrogens with zero attached hydrogens (tertiary/aromatic N) is 2. The van der Waals surface area contributed by atoms with Gasteiger partial charge in [0.05, 0.1) is 12.0 Å². The third-order valence-electron chi connectivity index (χ3n) is 4.88. The predicted molar refractivity (Wildman–Crippen MR) is 121 cm³/mol. The van der Waals surface area contributed by atoms with Gasteiger partial charge in [-0.25, -0.2) is 4.39 Å². The van der Waals surface area contributed by atoms with E-state index in [1.165, 1.54) is 66.6 Å². The minimum atomic E-state index is -4.32. The number of carbonyl (C=O) groups is 1. The first-order valence-corrected chi connectivity index (χ1v) is 11.5. The number of halogens is 1. The Labute approximate surface area is 195 Å². The van der Waals surface area contributed by atoms with Gasteiger partial charge in [-0.1, -0.05) is 12.1 Å². The third-order valence-corrected chi connectivity index (χ3v) is 6.13. The van der Waals surface area contributed by atoms with Crippen molar-refractivity contribution in [3.63, 3.8) is 0 Å². The summed E-state index contributed by atoms with van der Waals surface area (Å²) in [5, 5.41) is 10.9. The van der Waals surface area contributed by atoms with Crippen LogP contribution in [0.25, 0.3) is 0 Å². The number of hydrogen-bond acceptors (Lipinski definition) is 7. The molecule has 0 bridgehead atoms. The van der Waals surface area contributed by atoms with Gasteiger partial charge in [-0.05, 0) is 55.0 Å². The molecule has 3 aromatic carbocycles. The smallest absolute Gasteiger partial charge is 0.339 e. The highest BCUT2D eigenvalue weighted by molar-refractivity contribution is 7.87. The van der Waals surface area contributed by atoms with E-state index < -0.39 is 20.9 Å². The number of carbonyl (C=O) groups excluding carboxylic acids is 1. The van der Waals surface area contributed by atoms with Crippen molar-refractivity contribution in [2.45, 2.75) is 18.4 Å². The molecule has 0 atom stereocenters. The minimum Gasteiger partial charge on any atom is -0.494 e. The second kappa shape index (κ2) is 10.3. The van der Waals surface area contributed by atoms with Gasteiger partial charge >= 0.3 is 10.1 Å². The number of ether oxygens (including phenoxy) is 1. The van der Waals surface area contributed by atoms with Crippen LogP contribution in [0.3, 0.4) is 0 Å². The molecule has 3 rings (SSSR count). The fraction of sp³-hybridized carbons (Fsp3) is 0.174. The molecule has 0 saturated carbocycles. The lowest BCUT2D eigenvalue weighted by Crippen LogP contribution is -2.30. The first-order chi connectivity index (χ1) is 16.1. The van der Waals surface area contributed by atoms with Gasteiger partial charge in [0.1, 0.15) is 10.6 Å². The quantitative estimate of drug-likeness (QED) is 0.252. The van der Waals surface area contributed by atoms with Crippen LogP contribution in [0.5, 0.6) is 11.5 Å². The van der Waals surface area contributed by atoms with Crippen molar-refractivity contribution in [1.29, 1.82) is 0 Å². The lowest BCUT2D eigenvalue weighted by Gasteiger charge is -2.21. The summed E-state index contributed by atoms with van der Waals surface area (Å²) >= 11 is 0. The summed E-state index contributed by atoms with van der Waals surface area (Å²) in [5.41, 5.74) is 0.467. The van der Waals surface area contributed by atoms with Gasteiger partial charge in [0.2, 0.25) is 0 Å². The van der Waals surface area contributed by atoms with E-state index in [4.69, 9.17) is 8.92 Å². The van der Waals surface area contributed by atoms with Crippen LogP contribution in [0.2, 0.25) is 0 Å². The summed E-state index contributed by atoms with van der Waals surface area (Å²) in [4.78, 5) is 24.2. The molecule has 0 aliphatic heterocycles. The molecule has 0 heterocycles. The Kier molecular flexibility index (Phi) is 7.47. The van der Waals surface area contributed by atoms with Crippen molar-refractivity contribution >= 4 is 21.7 Å². The van der Waals surface area contributed by atoms with Crippen LogP contribution in [0.4, 0.5) is 10.1 Å². The van der Waals surface area contributed by atoms with E-state index in [-0.39, 0.29) is 40.1 Å². The summed E-state index contributed by atoms with van der Waals surface area (Å²) in [6.45, 7) is 2.29. The van der Waals surface area contributed by atoms with Crippen LogP contribution in [-0.2, 0) is 16.7 Å². The molecule has 0 spiro atoms. The number of rotatable bonds is 9. The lowest BCUT2D eigenvalue weighted by atomic mass is 10.1. The number of benzene rings is 3. The van der Waals surface area contributed by atoms with Crippen LogP contribution in [0, 0.1) is 15.9 Å². The van der Waals surface area contributed by atoms with Gasteiger partial charge in [0.15, 0.2) is 11.6 Å². The predicted octanol–water partition coefficient (Wildman–Crippen LogP) is 4.17. The molecule has 1 amide bonds. The molecule has 0 aliphatic carbocycles. The number of methoxy groups -OCH3 is 1. The van der Waals surface area contributed by atoms with Crippen molar-refractivity contribution in [3.05, 3.63) is 93.8 Å². The number of nitro groups is 1. The fourth-order valence-corrected chi connectivity index (χ4v) is 4.09. The van der Waals surface area contributed by atoms with E-state index in [1.807, 2.05) is 0 Å². The molecule has 0 saturated heterocycles. The lowest BCUT2D eigenvalue weighted by molar-refractivity contribution is -0.385. The molecule has 0 aliphatic rings. The maximum atomic E-state index is 14.0. The second-order valence-corrected chi connectivity index (χ2v) is 8.65. The van der Waals surface area contributed by atoms with E-state index in [2.05, 4.69) is 0 Å². The average Bonchev–Trinajstić information content (AvgIpc) is 2.82. The molecule has 0 radical (unpaired) electrons. The first-order valence-electron chi connectivity index (χ1n) is 10.0. The van der Waals surface area contributed by atoms with E-state index >= 15 is 0 Å². The van der Waals surface area contributed by atoms with Crippen LogP contribution < -0.4 is 8.92 Å². The molecule has 34 heavy (non-hydrogen) atoms. The average molecular weight is 488 g/mol. The van der Waals surface area contributed by atoms with Gasteiger partial charge in [0, 0.05) is 30.8 Å². The zero-order chi connectivity index (χ0) is 24.9. The van der Waals surface area contributed by atoms with E-state index in [0.717, 1.165) is 6.07 Å². The molecule has 0 unspecified atom stereocenters. The van der Waals surface area contributed by atoms with Crippen LogP contribution in [-0.4, -0.2) is 37.8 Å². The zero-order valence-electron chi connectivity index (χ0n) is 18.3. The highest BCUT2D eigenvalue weighted by Crippen LogP contribution is 2.23. The number of non-ortho nitro benzene ring substituents is 1. The maximum absolute atomic E-state index is 14.0. The highest BCUT2D eigenvalue weighted by atomic mass is 32.2. The molecule has 0 fully saturated rings. The normalized spacial score (nSPS) is 11.0. The highest BCUT2D eigenvalue weighted by Gasteiger charge is 2.21. The zero-order valence-corrected chi connectivity index (χ0v) is 19.1. The Morgan fingerprint density at radius 3 is 2.38 bits per heavy atom. The Morgan fingerprint density at radius 2 is 1.79 bits per heavy atom. The standard InChI is InChI=1S/C23H21FN2O7S/c1-3-25(15-16-7-12-22(32-2)21(24)13-16)23(27)17-8-10-19(11-9-17)33-34(30,31)20-6-4-5-18(14-20)26(28)29/h4-14H,3,15H2,1-2H3. The van der Waals surface area contributed by atoms with Crippen molar-refractivity contribution in [2.75, 3.05) is 13.7 Å². The Morgan fingerprint density at radius 1 is 1.09 bits per heavy atom. The molecular formula is C23H21FN2O7S. The topological polar surface area (TPSA) is 116 Å². The van der Waals surface area contributed by atoms with Gasteiger partial charge in [0.25, 0.3) is 11.6 Å². The number of nitro benzene ring substituents is 1. The van der Waals surface area contributed by atoms with Gasteiger partial charge in [-0.2, -0.15) is 8.42 Å². The Bertz CT molecular complexity index is 1310. The van der Waals surface area contributed by atoms with Crippen LogP contribution >= 0.6 is 0 Å². The molecule has 3 aromatic rings. The van der Waals surface area contributed by atoms with Crippen molar-refractivity contribution < 1.29 is 31.4 Å². The molecule has 0 aromatic heterocycles. The minimum absolute atomic E-state index is 0.0664. The van der Waals surface area contributed by atoms with E-state index in [1.54, 1.807) is 13.0 Å². The van der Waals surface area contributed by atoms with Crippen molar-refractivity contribution in [2.24, 2.45) is 0 Å². The second-order valence-electron chi connectivity index (χ2n) is 7.10.